The number of rotatable bonds is 4. The molecule has 0 spiro atoms. The van der Waals surface area contributed by atoms with Crippen LogP contribution in [0.5, 0.6) is 0 Å². The Hall–Kier alpha value is -1.28. The molecule has 5 nitrogen and oxygen atoms in total. The van der Waals surface area contributed by atoms with Gasteiger partial charge in [-0.25, -0.2) is 4.79 Å². The number of likely N-dealkylation sites (tertiary alicyclic amines) is 1. The zero-order chi connectivity index (χ0) is 16.1. The minimum atomic E-state index is -1.23. The van der Waals surface area contributed by atoms with Crippen molar-refractivity contribution in [3.05, 3.63) is 0 Å². The highest BCUT2D eigenvalue weighted by Crippen LogP contribution is 2.41. The molecule has 2 unspecified atom stereocenters. The Balaban J connectivity index is 2.96. The largest absolute Gasteiger partial charge is 0.426 e. The lowest BCUT2D eigenvalue weighted by Gasteiger charge is -2.43. The molecule has 1 heterocycles. The number of aliphatic hydroxyl groups excluding tert-OH is 1. The number of carbonyl (C=O) groups is 1. The van der Waals surface area contributed by atoms with Crippen molar-refractivity contribution < 1.29 is 14.6 Å². The van der Waals surface area contributed by atoms with Gasteiger partial charge in [-0.15, -0.1) is 0 Å². The molecule has 0 aromatic heterocycles. The standard InChI is InChI=1S/C16H28N2O3/c1-13(8-11-19)16(12-17,15(2,3)4)21-14(20)18-9-6-5-7-10-18/h13,19H,5-11H2,1-4H3. The third kappa shape index (κ3) is 3.88. The van der Waals surface area contributed by atoms with Crippen molar-refractivity contribution in [2.24, 2.45) is 11.3 Å². The number of ether oxygens (including phenoxy) is 1. The van der Waals surface area contributed by atoms with Crippen LogP contribution in [0.1, 0.15) is 53.4 Å². The van der Waals surface area contributed by atoms with Gasteiger partial charge >= 0.3 is 6.09 Å². The first kappa shape index (κ1) is 17.8. The summed E-state index contributed by atoms with van der Waals surface area (Å²) in [6.07, 6.45) is 3.12. The minimum Gasteiger partial charge on any atom is -0.426 e. The Kier molecular flexibility index (Phi) is 6.03. The minimum absolute atomic E-state index is 0.0259. The van der Waals surface area contributed by atoms with Crippen molar-refractivity contribution in [1.82, 2.24) is 4.90 Å². The maximum atomic E-state index is 12.4. The van der Waals surface area contributed by atoms with Gasteiger partial charge in [0, 0.05) is 31.0 Å². The topological polar surface area (TPSA) is 73.6 Å². The highest BCUT2D eigenvalue weighted by Gasteiger charge is 2.51. The fourth-order valence-electron chi connectivity index (χ4n) is 2.97. The zero-order valence-corrected chi connectivity index (χ0v) is 13.7. The molecule has 1 amide bonds. The van der Waals surface area contributed by atoms with Gasteiger partial charge in [0.1, 0.15) is 6.07 Å². The van der Waals surface area contributed by atoms with Crippen LogP contribution in [0.4, 0.5) is 4.79 Å². The van der Waals surface area contributed by atoms with Crippen LogP contribution in [0.3, 0.4) is 0 Å². The molecule has 0 saturated carbocycles. The molecule has 5 heteroatoms. The number of amides is 1. The smallest absolute Gasteiger partial charge is 0.411 e. The molecule has 2 atom stereocenters. The van der Waals surface area contributed by atoms with Crippen LogP contribution in [0.25, 0.3) is 0 Å². The molecule has 1 N–H and O–H groups in total. The quantitative estimate of drug-likeness (QED) is 0.865. The summed E-state index contributed by atoms with van der Waals surface area (Å²) in [4.78, 5) is 14.1. The van der Waals surface area contributed by atoms with Crippen molar-refractivity contribution in [2.75, 3.05) is 19.7 Å². The van der Waals surface area contributed by atoms with E-state index in [0.717, 1.165) is 19.3 Å². The zero-order valence-electron chi connectivity index (χ0n) is 13.7. The predicted octanol–water partition coefficient (Wildman–Crippen LogP) is 2.94. The molecule has 1 fully saturated rings. The Bertz CT molecular complexity index is 391. The first-order valence-corrected chi connectivity index (χ1v) is 7.78. The van der Waals surface area contributed by atoms with Gasteiger partial charge in [-0.3, -0.25) is 0 Å². The van der Waals surface area contributed by atoms with Crippen molar-refractivity contribution in [2.45, 2.75) is 59.0 Å². The van der Waals surface area contributed by atoms with Gasteiger partial charge in [-0.2, -0.15) is 5.26 Å². The summed E-state index contributed by atoms with van der Waals surface area (Å²) in [7, 11) is 0. The second-order valence-corrected chi connectivity index (χ2v) is 6.93. The van der Waals surface area contributed by atoms with E-state index in [9.17, 15) is 15.2 Å². The summed E-state index contributed by atoms with van der Waals surface area (Å²) < 4.78 is 5.72. The lowest BCUT2D eigenvalue weighted by atomic mass is 9.69. The fourth-order valence-corrected chi connectivity index (χ4v) is 2.97. The van der Waals surface area contributed by atoms with E-state index in [-0.39, 0.29) is 12.5 Å². The highest BCUT2D eigenvalue weighted by molar-refractivity contribution is 5.69. The van der Waals surface area contributed by atoms with E-state index in [2.05, 4.69) is 6.07 Å². The lowest BCUT2D eigenvalue weighted by Crippen LogP contribution is -2.53. The second-order valence-electron chi connectivity index (χ2n) is 6.93. The summed E-state index contributed by atoms with van der Waals surface area (Å²) >= 11 is 0. The van der Waals surface area contributed by atoms with E-state index in [1.165, 1.54) is 0 Å². The molecule has 0 radical (unpaired) electrons. The van der Waals surface area contributed by atoms with Crippen molar-refractivity contribution in [3.8, 4) is 6.07 Å². The molecular formula is C16H28N2O3. The third-order valence-electron chi connectivity index (χ3n) is 4.40. The molecule has 1 saturated heterocycles. The Labute approximate surface area is 127 Å². The number of aliphatic hydroxyl groups is 1. The molecule has 0 aromatic rings. The first-order chi connectivity index (χ1) is 9.78. The number of nitrogens with zero attached hydrogens (tertiary/aromatic N) is 2. The summed E-state index contributed by atoms with van der Waals surface area (Å²) in [6.45, 7) is 8.91. The van der Waals surface area contributed by atoms with Crippen LogP contribution in [0.2, 0.25) is 0 Å². The monoisotopic (exact) mass is 296 g/mol. The summed E-state index contributed by atoms with van der Waals surface area (Å²) in [5, 5.41) is 18.9. The molecule has 1 aliphatic heterocycles. The van der Waals surface area contributed by atoms with E-state index in [4.69, 9.17) is 4.74 Å². The van der Waals surface area contributed by atoms with Crippen LogP contribution in [-0.4, -0.2) is 41.4 Å². The average Bonchev–Trinajstić information content (AvgIpc) is 2.44. The SMILES string of the molecule is CC(CCO)C(C#N)(OC(=O)N1CCCCC1)C(C)(C)C. The lowest BCUT2D eigenvalue weighted by molar-refractivity contribution is -0.0789. The average molecular weight is 296 g/mol. The fraction of sp³-hybridized carbons (Fsp3) is 0.875. The predicted molar refractivity (Wildman–Crippen MR) is 80.6 cm³/mol. The van der Waals surface area contributed by atoms with Crippen LogP contribution in [0.15, 0.2) is 0 Å². The molecule has 0 aromatic carbocycles. The van der Waals surface area contributed by atoms with Gasteiger partial charge in [-0.05, 0) is 25.7 Å². The number of hydrogen-bond acceptors (Lipinski definition) is 4. The maximum absolute atomic E-state index is 12.4. The molecule has 120 valence electrons. The number of piperidine rings is 1. The maximum Gasteiger partial charge on any atom is 0.411 e. The first-order valence-electron chi connectivity index (χ1n) is 7.78. The number of nitriles is 1. The Morgan fingerprint density at radius 2 is 1.90 bits per heavy atom. The van der Waals surface area contributed by atoms with Crippen LogP contribution >= 0.6 is 0 Å². The molecule has 21 heavy (non-hydrogen) atoms. The van der Waals surface area contributed by atoms with Crippen molar-refractivity contribution in [1.29, 1.82) is 5.26 Å². The third-order valence-corrected chi connectivity index (χ3v) is 4.40. The Morgan fingerprint density at radius 1 is 1.33 bits per heavy atom. The normalized spacial score (nSPS) is 20.3. The van der Waals surface area contributed by atoms with E-state index in [1.54, 1.807) is 4.90 Å². The van der Waals surface area contributed by atoms with Gasteiger partial charge in [0.2, 0.25) is 5.60 Å². The van der Waals surface area contributed by atoms with Gasteiger partial charge in [0.15, 0.2) is 0 Å². The number of carbonyl (C=O) groups excluding carboxylic acids is 1. The Morgan fingerprint density at radius 3 is 2.33 bits per heavy atom. The van der Waals surface area contributed by atoms with Gasteiger partial charge < -0.3 is 14.7 Å². The van der Waals surface area contributed by atoms with E-state index in [1.807, 2.05) is 27.7 Å². The molecule has 1 rings (SSSR count). The summed E-state index contributed by atoms with van der Waals surface area (Å²) in [5.41, 5.74) is -1.76. The van der Waals surface area contributed by atoms with Crippen LogP contribution in [-0.2, 0) is 4.74 Å². The molecule has 0 aliphatic carbocycles. The molecule has 0 bridgehead atoms. The number of hydrogen-bond donors (Lipinski definition) is 1. The van der Waals surface area contributed by atoms with E-state index in [0.29, 0.717) is 19.5 Å². The van der Waals surface area contributed by atoms with Gasteiger partial charge in [-0.1, -0.05) is 27.7 Å². The summed E-state index contributed by atoms with van der Waals surface area (Å²) in [5.74, 6) is -0.235. The van der Waals surface area contributed by atoms with Crippen LogP contribution in [0, 0.1) is 22.7 Å². The van der Waals surface area contributed by atoms with Crippen LogP contribution < -0.4 is 0 Å². The van der Waals surface area contributed by atoms with Gasteiger partial charge in [0.05, 0.1) is 0 Å². The molecular weight excluding hydrogens is 268 g/mol. The van der Waals surface area contributed by atoms with Crippen molar-refractivity contribution >= 4 is 6.09 Å². The molecule has 1 aliphatic rings. The van der Waals surface area contributed by atoms with Crippen molar-refractivity contribution in [3.63, 3.8) is 0 Å². The van der Waals surface area contributed by atoms with E-state index >= 15 is 0 Å². The van der Waals surface area contributed by atoms with E-state index < -0.39 is 17.1 Å². The van der Waals surface area contributed by atoms with Gasteiger partial charge in [0.25, 0.3) is 0 Å². The highest BCUT2D eigenvalue weighted by atomic mass is 16.6. The second kappa shape index (κ2) is 7.13. The summed E-state index contributed by atoms with van der Waals surface area (Å²) in [6, 6.07) is 2.23.